The summed E-state index contributed by atoms with van der Waals surface area (Å²) >= 11 is 3.40. The summed E-state index contributed by atoms with van der Waals surface area (Å²) in [4.78, 5) is 12.2. The summed E-state index contributed by atoms with van der Waals surface area (Å²) in [5, 5.41) is 6.67. The van der Waals surface area contributed by atoms with E-state index in [0.29, 0.717) is 23.6 Å². The summed E-state index contributed by atoms with van der Waals surface area (Å²) in [7, 11) is 1.62. The fourth-order valence-corrected chi connectivity index (χ4v) is 2.88. The number of aromatic nitrogens is 1. The van der Waals surface area contributed by atoms with Gasteiger partial charge >= 0.3 is 6.09 Å². The van der Waals surface area contributed by atoms with Crippen molar-refractivity contribution < 1.29 is 18.8 Å². The van der Waals surface area contributed by atoms with Crippen LogP contribution in [0.2, 0.25) is 0 Å². The van der Waals surface area contributed by atoms with Crippen molar-refractivity contribution in [3.8, 4) is 17.1 Å². The van der Waals surface area contributed by atoms with E-state index < -0.39 is 6.09 Å². The summed E-state index contributed by atoms with van der Waals surface area (Å²) in [5.74, 6) is 1.26. The molecule has 27 heavy (non-hydrogen) atoms. The minimum absolute atomic E-state index is 0.226. The number of rotatable bonds is 6. The van der Waals surface area contributed by atoms with Gasteiger partial charge in [0.05, 0.1) is 13.7 Å². The highest BCUT2D eigenvalue weighted by molar-refractivity contribution is 9.10. The molecule has 1 N–H and O–H groups in total. The molecule has 0 saturated heterocycles. The third-order valence-electron chi connectivity index (χ3n) is 3.99. The number of nitrogens with one attached hydrogen (secondary N) is 1. The van der Waals surface area contributed by atoms with Crippen LogP contribution in [0.15, 0.2) is 57.5 Å². The topological polar surface area (TPSA) is 73.6 Å². The van der Waals surface area contributed by atoms with Crippen LogP contribution < -0.4 is 10.1 Å². The number of anilines is 1. The van der Waals surface area contributed by atoms with Crippen molar-refractivity contribution in [3.63, 3.8) is 0 Å². The van der Waals surface area contributed by atoms with Crippen LogP contribution in [-0.2, 0) is 11.2 Å². The third-order valence-corrected chi connectivity index (χ3v) is 4.52. The van der Waals surface area contributed by atoms with Crippen LogP contribution >= 0.6 is 15.9 Å². The lowest BCUT2D eigenvalue weighted by Gasteiger charge is -2.10. The lowest BCUT2D eigenvalue weighted by atomic mass is 10.1. The Morgan fingerprint density at radius 2 is 1.93 bits per heavy atom. The van der Waals surface area contributed by atoms with Crippen LogP contribution in [0.25, 0.3) is 11.3 Å². The number of benzene rings is 2. The van der Waals surface area contributed by atoms with E-state index in [1.807, 2.05) is 48.5 Å². The van der Waals surface area contributed by atoms with Crippen LogP contribution in [-0.4, -0.2) is 25.0 Å². The molecule has 0 radical (unpaired) electrons. The number of hydrogen-bond donors (Lipinski definition) is 1. The molecule has 0 spiro atoms. The van der Waals surface area contributed by atoms with Crippen LogP contribution in [0.1, 0.15) is 11.3 Å². The van der Waals surface area contributed by atoms with Crippen LogP contribution in [0.3, 0.4) is 0 Å². The van der Waals surface area contributed by atoms with E-state index in [2.05, 4.69) is 26.4 Å². The molecule has 0 atom stereocenters. The van der Waals surface area contributed by atoms with E-state index in [0.717, 1.165) is 21.3 Å². The van der Waals surface area contributed by atoms with Crippen LogP contribution in [0.4, 0.5) is 10.5 Å². The molecule has 0 aliphatic rings. The first kappa shape index (κ1) is 19.0. The minimum atomic E-state index is -0.561. The van der Waals surface area contributed by atoms with Gasteiger partial charge in [0.15, 0.2) is 5.76 Å². The van der Waals surface area contributed by atoms with Crippen molar-refractivity contribution in [2.45, 2.75) is 13.3 Å². The number of aryl methyl sites for hydroxylation is 1. The Bertz CT molecular complexity index is 922. The van der Waals surface area contributed by atoms with Gasteiger partial charge in [0.2, 0.25) is 0 Å². The van der Waals surface area contributed by atoms with Crippen LogP contribution in [0.5, 0.6) is 5.75 Å². The first-order valence-corrected chi connectivity index (χ1v) is 9.15. The Labute approximate surface area is 165 Å². The first-order chi connectivity index (χ1) is 13.1. The average molecular weight is 431 g/mol. The molecule has 1 heterocycles. The molecule has 1 aromatic heterocycles. The summed E-state index contributed by atoms with van der Waals surface area (Å²) in [6, 6.07) is 15.2. The Hall–Kier alpha value is -2.80. The molecule has 7 heteroatoms. The standard InChI is InChI=1S/C20H19BrN2O4/c1-13-18(19(27-23-13)15-7-9-16(21)10-8-15)22-20(24)26-12-11-14-5-3-4-6-17(14)25-2/h3-10H,11-12H2,1-2H3,(H,22,24). The fraction of sp³-hybridized carbons (Fsp3) is 0.200. The number of carbonyl (C=O) groups excluding carboxylic acids is 1. The summed E-state index contributed by atoms with van der Waals surface area (Å²) < 4.78 is 16.9. The third kappa shape index (κ3) is 4.68. The first-order valence-electron chi connectivity index (χ1n) is 8.36. The van der Waals surface area contributed by atoms with Crippen molar-refractivity contribution in [1.82, 2.24) is 5.16 Å². The molecule has 2 aromatic carbocycles. The second kappa shape index (κ2) is 8.73. The molecule has 0 aliphatic heterocycles. The number of nitrogens with zero attached hydrogens (tertiary/aromatic N) is 1. The van der Waals surface area contributed by atoms with Gasteiger partial charge in [0.1, 0.15) is 17.1 Å². The SMILES string of the molecule is COc1ccccc1CCOC(=O)Nc1c(C)noc1-c1ccc(Br)cc1. The van der Waals surface area contributed by atoms with Gasteiger partial charge in [0, 0.05) is 16.5 Å². The van der Waals surface area contributed by atoms with Crippen molar-refractivity contribution in [3.05, 3.63) is 64.3 Å². The Morgan fingerprint density at radius 1 is 1.19 bits per heavy atom. The highest BCUT2D eigenvalue weighted by Crippen LogP contribution is 2.31. The Balaban J connectivity index is 1.63. The second-order valence-electron chi connectivity index (χ2n) is 5.80. The van der Waals surface area contributed by atoms with Gasteiger partial charge in [-0.05, 0) is 42.8 Å². The Kier molecular flexibility index (Phi) is 6.13. The van der Waals surface area contributed by atoms with Crippen molar-refractivity contribution >= 4 is 27.7 Å². The number of hydrogen-bond acceptors (Lipinski definition) is 5. The van der Waals surface area contributed by atoms with E-state index in [1.54, 1.807) is 14.0 Å². The van der Waals surface area contributed by atoms with Gasteiger partial charge in [-0.25, -0.2) is 4.79 Å². The molecule has 0 unspecified atom stereocenters. The zero-order valence-electron chi connectivity index (χ0n) is 15.0. The molecule has 140 valence electrons. The van der Waals surface area contributed by atoms with Gasteiger partial charge < -0.3 is 14.0 Å². The highest BCUT2D eigenvalue weighted by Gasteiger charge is 2.18. The lowest BCUT2D eigenvalue weighted by Crippen LogP contribution is -2.16. The largest absolute Gasteiger partial charge is 0.496 e. The Morgan fingerprint density at radius 3 is 2.67 bits per heavy atom. The number of carbonyl (C=O) groups is 1. The van der Waals surface area contributed by atoms with Crippen LogP contribution in [0, 0.1) is 6.92 Å². The van der Waals surface area contributed by atoms with Gasteiger partial charge in [0.25, 0.3) is 0 Å². The van der Waals surface area contributed by atoms with E-state index in [4.69, 9.17) is 14.0 Å². The second-order valence-corrected chi connectivity index (χ2v) is 6.72. The summed E-state index contributed by atoms with van der Waals surface area (Å²) in [6.45, 7) is 1.99. The number of para-hydroxylation sites is 1. The van der Waals surface area contributed by atoms with Gasteiger partial charge in [-0.2, -0.15) is 0 Å². The zero-order chi connectivity index (χ0) is 19.2. The minimum Gasteiger partial charge on any atom is -0.496 e. The van der Waals surface area contributed by atoms with E-state index >= 15 is 0 Å². The number of amides is 1. The molecule has 0 saturated carbocycles. The van der Waals surface area contributed by atoms with Crippen molar-refractivity contribution in [2.24, 2.45) is 0 Å². The summed E-state index contributed by atoms with van der Waals surface area (Å²) in [5.41, 5.74) is 2.86. The van der Waals surface area contributed by atoms with E-state index in [1.165, 1.54) is 0 Å². The number of methoxy groups -OCH3 is 1. The predicted octanol–water partition coefficient (Wildman–Crippen LogP) is 5.21. The molecular formula is C20H19BrN2O4. The van der Waals surface area contributed by atoms with Gasteiger partial charge in [-0.3, -0.25) is 5.32 Å². The smallest absolute Gasteiger partial charge is 0.411 e. The van der Waals surface area contributed by atoms with E-state index in [9.17, 15) is 4.79 Å². The maximum atomic E-state index is 12.2. The zero-order valence-corrected chi connectivity index (χ0v) is 16.6. The molecule has 0 bridgehead atoms. The predicted molar refractivity (Wildman–Crippen MR) is 106 cm³/mol. The molecule has 6 nitrogen and oxygen atoms in total. The van der Waals surface area contributed by atoms with E-state index in [-0.39, 0.29) is 6.61 Å². The maximum Gasteiger partial charge on any atom is 0.411 e. The van der Waals surface area contributed by atoms with Gasteiger partial charge in [-0.1, -0.05) is 39.3 Å². The molecular weight excluding hydrogens is 412 g/mol. The van der Waals surface area contributed by atoms with Gasteiger partial charge in [-0.15, -0.1) is 0 Å². The molecule has 0 aliphatic carbocycles. The maximum absolute atomic E-state index is 12.2. The molecule has 3 aromatic rings. The molecule has 3 rings (SSSR count). The molecule has 1 amide bonds. The average Bonchev–Trinajstić information content (AvgIpc) is 3.03. The van der Waals surface area contributed by atoms with Crippen molar-refractivity contribution in [2.75, 3.05) is 19.0 Å². The normalized spacial score (nSPS) is 10.5. The number of halogens is 1. The highest BCUT2D eigenvalue weighted by atomic mass is 79.9. The number of ether oxygens (including phenoxy) is 2. The lowest BCUT2D eigenvalue weighted by molar-refractivity contribution is 0.162. The summed E-state index contributed by atoms with van der Waals surface area (Å²) in [6.07, 6.45) is -0.00541. The molecule has 0 fully saturated rings. The monoisotopic (exact) mass is 430 g/mol. The fourth-order valence-electron chi connectivity index (χ4n) is 2.62. The van der Waals surface area contributed by atoms with Crippen molar-refractivity contribution in [1.29, 1.82) is 0 Å². The quantitative estimate of drug-likeness (QED) is 0.580.